The molecule has 2 aromatic rings. The Kier molecular flexibility index (Phi) is 3.77. The van der Waals surface area contributed by atoms with Gasteiger partial charge >= 0.3 is 0 Å². The Morgan fingerprint density at radius 3 is 2.95 bits per heavy atom. The van der Waals surface area contributed by atoms with Gasteiger partial charge in [0, 0.05) is 31.0 Å². The van der Waals surface area contributed by atoms with Crippen LogP contribution >= 0.6 is 0 Å². The van der Waals surface area contributed by atoms with Crippen LogP contribution in [-0.4, -0.2) is 26.9 Å². The van der Waals surface area contributed by atoms with Gasteiger partial charge in [-0.05, 0) is 31.4 Å². The van der Waals surface area contributed by atoms with E-state index in [-0.39, 0.29) is 5.91 Å². The van der Waals surface area contributed by atoms with Crippen molar-refractivity contribution in [2.75, 3.05) is 5.32 Å². The van der Waals surface area contributed by atoms with Crippen LogP contribution in [0, 0.1) is 6.92 Å². The zero-order valence-corrected chi connectivity index (χ0v) is 11.8. The lowest BCUT2D eigenvalue weighted by Gasteiger charge is -2.08. The van der Waals surface area contributed by atoms with Crippen LogP contribution in [0.15, 0.2) is 30.6 Å². The SMILES string of the molecule is Cc1nc(NCc2cccnc2)cc(C(=O)NC2CC2)n1. The number of nitrogens with zero attached hydrogens (tertiary/aromatic N) is 3. The van der Waals surface area contributed by atoms with Gasteiger partial charge in [-0.1, -0.05) is 6.07 Å². The zero-order chi connectivity index (χ0) is 14.7. The van der Waals surface area contributed by atoms with Crippen molar-refractivity contribution in [2.45, 2.75) is 32.4 Å². The summed E-state index contributed by atoms with van der Waals surface area (Å²) in [7, 11) is 0. The van der Waals surface area contributed by atoms with E-state index in [1.165, 1.54) is 0 Å². The number of hydrogen-bond donors (Lipinski definition) is 2. The van der Waals surface area contributed by atoms with E-state index in [0.717, 1.165) is 18.4 Å². The van der Waals surface area contributed by atoms with Crippen LogP contribution in [0.4, 0.5) is 5.82 Å². The molecular formula is C15H17N5O. The van der Waals surface area contributed by atoms with Crippen LogP contribution in [0.25, 0.3) is 0 Å². The van der Waals surface area contributed by atoms with Gasteiger partial charge in [0.2, 0.25) is 0 Å². The first-order valence-corrected chi connectivity index (χ1v) is 7.00. The number of nitrogens with one attached hydrogen (secondary N) is 2. The van der Waals surface area contributed by atoms with E-state index in [9.17, 15) is 4.79 Å². The molecule has 0 unspecified atom stereocenters. The highest BCUT2D eigenvalue weighted by Crippen LogP contribution is 2.19. The second kappa shape index (κ2) is 5.87. The van der Waals surface area contributed by atoms with E-state index in [2.05, 4.69) is 25.6 Å². The minimum absolute atomic E-state index is 0.132. The van der Waals surface area contributed by atoms with Gasteiger partial charge in [-0.3, -0.25) is 9.78 Å². The van der Waals surface area contributed by atoms with E-state index in [1.54, 1.807) is 25.4 Å². The van der Waals surface area contributed by atoms with Gasteiger partial charge in [0.1, 0.15) is 17.3 Å². The van der Waals surface area contributed by atoms with Gasteiger partial charge in [-0.2, -0.15) is 0 Å². The van der Waals surface area contributed by atoms with Crippen molar-refractivity contribution >= 4 is 11.7 Å². The fraction of sp³-hybridized carbons (Fsp3) is 0.333. The number of rotatable bonds is 5. The third-order valence-corrected chi connectivity index (χ3v) is 3.18. The number of hydrogen-bond acceptors (Lipinski definition) is 5. The summed E-state index contributed by atoms with van der Waals surface area (Å²) in [5.41, 5.74) is 1.46. The average molecular weight is 283 g/mol. The third-order valence-electron chi connectivity index (χ3n) is 3.18. The van der Waals surface area contributed by atoms with Crippen molar-refractivity contribution in [1.82, 2.24) is 20.3 Å². The fourth-order valence-electron chi connectivity index (χ4n) is 1.96. The molecule has 2 N–H and O–H groups in total. The minimum atomic E-state index is -0.132. The summed E-state index contributed by atoms with van der Waals surface area (Å²) in [6.45, 7) is 2.39. The third kappa shape index (κ3) is 3.75. The Labute approximate surface area is 123 Å². The van der Waals surface area contributed by atoms with E-state index in [4.69, 9.17) is 0 Å². The maximum atomic E-state index is 12.0. The van der Waals surface area contributed by atoms with E-state index in [1.807, 2.05) is 12.1 Å². The van der Waals surface area contributed by atoms with Gasteiger partial charge in [0.15, 0.2) is 0 Å². The highest BCUT2D eigenvalue weighted by atomic mass is 16.2. The molecule has 1 amide bonds. The van der Waals surface area contributed by atoms with E-state index in [0.29, 0.717) is 29.9 Å². The second-order valence-electron chi connectivity index (χ2n) is 5.15. The molecule has 1 aliphatic rings. The van der Waals surface area contributed by atoms with Gasteiger partial charge in [-0.25, -0.2) is 9.97 Å². The Morgan fingerprint density at radius 2 is 2.24 bits per heavy atom. The molecule has 0 radical (unpaired) electrons. The monoisotopic (exact) mass is 283 g/mol. The number of pyridine rings is 1. The van der Waals surface area contributed by atoms with Crippen LogP contribution in [0.2, 0.25) is 0 Å². The summed E-state index contributed by atoms with van der Waals surface area (Å²) in [4.78, 5) is 24.6. The van der Waals surface area contributed by atoms with Crippen molar-refractivity contribution in [1.29, 1.82) is 0 Å². The lowest BCUT2D eigenvalue weighted by atomic mass is 10.3. The summed E-state index contributed by atoms with van der Waals surface area (Å²) in [6.07, 6.45) is 5.64. The lowest BCUT2D eigenvalue weighted by Crippen LogP contribution is -2.26. The first kappa shape index (κ1) is 13.5. The summed E-state index contributed by atoms with van der Waals surface area (Å²) in [5.74, 6) is 1.09. The van der Waals surface area contributed by atoms with Crippen molar-refractivity contribution < 1.29 is 4.79 Å². The maximum absolute atomic E-state index is 12.0. The van der Waals surface area contributed by atoms with Crippen molar-refractivity contribution in [3.05, 3.63) is 47.7 Å². The topological polar surface area (TPSA) is 79.8 Å². The molecule has 1 aliphatic carbocycles. The molecule has 0 aliphatic heterocycles. The van der Waals surface area contributed by atoms with Crippen LogP contribution in [0.3, 0.4) is 0 Å². The molecule has 0 spiro atoms. The first-order chi connectivity index (χ1) is 10.2. The molecule has 6 nitrogen and oxygen atoms in total. The van der Waals surface area contributed by atoms with Crippen LogP contribution in [-0.2, 0) is 6.54 Å². The highest BCUT2D eigenvalue weighted by molar-refractivity contribution is 5.93. The normalized spacial score (nSPS) is 13.8. The molecule has 3 rings (SSSR count). The quantitative estimate of drug-likeness (QED) is 0.872. The van der Waals surface area contributed by atoms with Crippen LogP contribution in [0.1, 0.15) is 34.7 Å². The lowest BCUT2D eigenvalue weighted by molar-refractivity contribution is 0.0945. The molecule has 0 aromatic carbocycles. The van der Waals surface area contributed by atoms with Crippen LogP contribution in [0.5, 0.6) is 0 Å². The van der Waals surface area contributed by atoms with Gasteiger partial charge in [0.05, 0.1) is 0 Å². The number of carbonyl (C=O) groups excluding carboxylic acids is 1. The summed E-state index contributed by atoms with van der Waals surface area (Å²) >= 11 is 0. The summed E-state index contributed by atoms with van der Waals surface area (Å²) in [5, 5.41) is 6.13. The molecule has 1 saturated carbocycles. The molecule has 0 saturated heterocycles. The predicted molar refractivity (Wildman–Crippen MR) is 78.8 cm³/mol. The zero-order valence-electron chi connectivity index (χ0n) is 11.8. The molecule has 0 bridgehead atoms. The molecule has 0 atom stereocenters. The molecule has 108 valence electrons. The first-order valence-electron chi connectivity index (χ1n) is 7.00. The number of amides is 1. The van der Waals surface area contributed by atoms with E-state index < -0.39 is 0 Å². The predicted octanol–water partition coefficient (Wildman–Crippen LogP) is 1.68. The Balaban J connectivity index is 1.69. The smallest absolute Gasteiger partial charge is 0.270 e. The average Bonchev–Trinajstić information content (AvgIpc) is 3.29. The Morgan fingerprint density at radius 1 is 1.38 bits per heavy atom. The maximum Gasteiger partial charge on any atom is 0.270 e. The van der Waals surface area contributed by atoms with Gasteiger partial charge < -0.3 is 10.6 Å². The Bertz CT molecular complexity index is 640. The molecule has 1 fully saturated rings. The molecular weight excluding hydrogens is 266 g/mol. The van der Waals surface area contributed by atoms with E-state index >= 15 is 0 Å². The molecule has 6 heteroatoms. The van der Waals surface area contributed by atoms with Crippen molar-refractivity contribution in [2.24, 2.45) is 0 Å². The van der Waals surface area contributed by atoms with Crippen LogP contribution < -0.4 is 10.6 Å². The summed E-state index contributed by atoms with van der Waals surface area (Å²) < 4.78 is 0. The van der Waals surface area contributed by atoms with Crippen molar-refractivity contribution in [3.63, 3.8) is 0 Å². The molecule has 21 heavy (non-hydrogen) atoms. The standard InChI is InChI=1S/C15H17N5O/c1-10-18-13(15(21)20-12-4-5-12)7-14(19-10)17-9-11-3-2-6-16-8-11/h2-3,6-8,12H,4-5,9H2,1H3,(H,20,21)(H,17,18,19). The largest absolute Gasteiger partial charge is 0.366 e. The Hall–Kier alpha value is -2.50. The number of carbonyl (C=O) groups is 1. The second-order valence-corrected chi connectivity index (χ2v) is 5.15. The van der Waals surface area contributed by atoms with Crippen molar-refractivity contribution in [3.8, 4) is 0 Å². The number of anilines is 1. The fourth-order valence-corrected chi connectivity index (χ4v) is 1.96. The van der Waals surface area contributed by atoms with Gasteiger partial charge in [0.25, 0.3) is 5.91 Å². The summed E-state index contributed by atoms with van der Waals surface area (Å²) in [6, 6.07) is 5.87. The minimum Gasteiger partial charge on any atom is -0.366 e. The number of aryl methyl sites for hydroxylation is 1. The highest BCUT2D eigenvalue weighted by Gasteiger charge is 2.24. The number of aromatic nitrogens is 3. The van der Waals surface area contributed by atoms with Gasteiger partial charge in [-0.15, -0.1) is 0 Å². The molecule has 2 heterocycles. The molecule has 2 aromatic heterocycles.